The number of benzene rings is 1. The first-order chi connectivity index (χ1) is 7.56. The van der Waals surface area contributed by atoms with E-state index in [1.54, 1.807) is 4.68 Å². The van der Waals surface area contributed by atoms with Crippen molar-refractivity contribution >= 4 is 16.7 Å². The minimum Gasteiger partial charge on any atom is -0.299 e. The molecule has 1 aromatic heterocycles. The first-order valence-corrected chi connectivity index (χ1v) is 5.51. The molecule has 0 aliphatic rings. The molecule has 0 bridgehead atoms. The maximum Gasteiger partial charge on any atom is 0.139 e. The average Bonchev–Trinajstić information content (AvgIpc) is 2.57. The molecular formula is C13H16N2O. The molecule has 0 atom stereocenters. The van der Waals surface area contributed by atoms with Gasteiger partial charge in [0.15, 0.2) is 0 Å². The average molecular weight is 216 g/mol. The third kappa shape index (κ3) is 2.13. The molecule has 2 aromatic rings. The van der Waals surface area contributed by atoms with Gasteiger partial charge in [0.1, 0.15) is 5.78 Å². The molecule has 1 aromatic carbocycles. The summed E-state index contributed by atoms with van der Waals surface area (Å²) in [4.78, 5) is 11.6. The molecule has 0 spiro atoms. The standard InChI is InChI=1S/C13H16N2O/c1-9(2)13(16)7-10-4-5-11-8-15(3)14-12(11)6-10/h4-6,8-9H,7H2,1-3H3. The van der Waals surface area contributed by atoms with Gasteiger partial charge in [-0.25, -0.2) is 0 Å². The predicted molar refractivity (Wildman–Crippen MR) is 64.3 cm³/mol. The van der Waals surface area contributed by atoms with Gasteiger partial charge in [-0.15, -0.1) is 0 Å². The molecule has 0 saturated heterocycles. The molecule has 3 nitrogen and oxygen atoms in total. The first kappa shape index (κ1) is 10.9. The Balaban J connectivity index is 2.29. The lowest BCUT2D eigenvalue weighted by Gasteiger charge is -2.03. The van der Waals surface area contributed by atoms with Gasteiger partial charge in [0.2, 0.25) is 0 Å². The fraction of sp³-hybridized carbons (Fsp3) is 0.385. The third-order valence-corrected chi connectivity index (χ3v) is 2.71. The van der Waals surface area contributed by atoms with Crippen LogP contribution in [0.4, 0.5) is 0 Å². The number of nitrogens with zero attached hydrogens (tertiary/aromatic N) is 2. The smallest absolute Gasteiger partial charge is 0.139 e. The molecule has 0 aliphatic carbocycles. The van der Waals surface area contributed by atoms with Crippen LogP contribution in [-0.4, -0.2) is 15.6 Å². The number of aromatic nitrogens is 2. The van der Waals surface area contributed by atoms with Crippen molar-refractivity contribution in [2.75, 3.05) is 0 Å². The van der Waals surface area contributed by atoms with Gasteiger partial charge in [0.25, 0.3) is 0 Å². The van der Waals surface area contributed by atoms with E-state index in [4.69, 9.17) is 0 Å². The zero-order valence-corrected chi connectivity index (χ0v) is 9.90. The van der Waals surface area contributed by atoms with Crippen LogP contribution in [0.3, 0.4) is 0 Å². The van der Waals surface area contributed by atoms with Gasteiger partial charge in [0, 0.05) is 31.0 Å². The van der Waals surface area contributed by atoms with Gasteiger partial charge < -0.3 is 0 Å². The summed E-state index contributed by atoms with van der Waals surface area (Å²) in [7, 11) is 1.90. The van der Waals surface area contributed by atoms with Crippen molar-refractivity contribution in [3.8, 4) is 0 Å². The van der Waals surface area contributed by atoms with Crippen LogP contribution in [0.5, 0.6) is 0 Å². The second kappa shape index (κ2) is 4.08. The van der Waals surface area contributed by atoms with E-state index in [0.29, 0.717) is 6.42 Å². The lowest BCUT2D eigenvalue weighted by Crippen LogP contribution is -2.09. The van der Waals surface area contributed by atoms with Crippen molar-refractivity contribution < 1.29 is 4.79 Å². The molecule has 16 heavy (non-hydrogen) atoms. The highest BCUT2D eigenvalue weighted by molar-refractivity contribution is 5.85. The van der Waals surface area contributed by atoms with Gasteiger partial charge in [-0.3, -0.25) is 9.48 Å². The summed E-state index contributed by atoms with van der Waals surface area (Å²) in [5.74, 6) is 0.370. The summed E-state index contributed by atoms with van der Waals surface area (Å²) < 4.78 is 1.79. The fourth-order valence-electron chi connectivity index (χ4n) is 1.70. The van der Waals surface area contributed by atoms with Gasteiger partial charge in [-0.1, -0.05) is 26.0 Å². The van der Waals surface area contributed by atoms with E-state index < -0.39 is 0 Å². The van der Waals surface area contributed by atoms with Crippen molar-refractivity contribution in [1.29, 1.82) is 0 Å². The minimum atomic E-state index is 0.0967. The molecule has 0 aliphatic heterocycles. The normalized spacial score (nSPS) is 11.2. The molecule has 0 unspecified atom stereocenters. The van der Waals surface area contributed by atoms with E-state index in [9.17, 15) is 4.79 Å². The van der Waals surface area contributed by atoms with E-state index >= 15 is 0 Å². The Morgan fingerprint density at radius 1 is 1.44 bits per heavy atom. The van der Waals surface area contributed by atoms with Crippen LogP contribution in [0.25, 0.3) is 10.9 Å². The summed E-state index contributed by atoms with van der Waals surface area (Å²) >= 11 is 0. The van der Waals surface area contributed by atoms with Gasteiger partial charge in [-0.2, -0.15) is 5.10 Å². The highest BCUT2D eigenvalue weighted by Gasteiger charge is 2.09. The Hall–Kier alpha value is -1.64. The van der Waals surface area contributed by atoms with Crippen LogP contribution < -0.4 is 0 Å². The lowest BCUT2D eigenvalue weighted by molar-refractivity contribution is -0.121. The minimum absolute atomic E-state index is 0.0967. The molecular weight excluding hydrogens is 200 g/mol. The molecule has 84 valence electrons. The lowest BCUT2D eigenvalue weighted by atomic mass is 10.0. The fourth-order valence-corrected chi connectivity index (χ4v) is 1.70. The van der Waals surface area contributed by atoms with E-state index in [1.807, 2.05) is 45.3 Å². The van der Waals surface area contributed by atoms with Crippen LogP contribution in [0.15, 0.2) is 24.4 Å². The Morgan fingerprint density at radius 3 is 2.88 bits per heavy atom. The van der Waals surface area contributed by atoms with Gasteiger partial charge in [0.05, 0.1) is 5.52 Å². The largest absolute Gasteiger partial charge is 0.299 e. The Morgan fingerprint density at radius 2 is 2.19 bits per heavy atom. The monoisotopic (exact) mass is 216 g/mol. The van der Waals surface area contributed by atoms with Crippen LogP contribution in [0.2, 0.25) is 0 Å². The first-order valence-electron chi connectivity index (χ1n) is 5.51. The molecule has 1 heterocycles. The predicted octanol–water partition coefficient (Wildman–Crippen LogP) is 2.34. The summed E-state index contributed by atoms with van der Waals surface area (Å²) in [5.41, 5.74) is 2.00. The Kier molecular flexibility index (Phi) is 2.77. The number of carbonyl (C=O) groups excluding carboxylic acids is 1. The maximum atomic E-state index is 11.6. The van der Waals surface area contributed by atoms with E-state index in [2.05, 4.69) is 5.10 Å². The number of hydrogen-bond donors (Lipinski definition) is 0. The maximum absolute atomic E-state index is 11.6. The molecule has 2 rings (SSSR count). The van der Waals surface area contributed by atoms with E-state index in [1.165, 1.54) is 0 Å². The third-order valence-electron chi connectivity index (χ3n) is 2.71. The summed E-state index contributed by atoms with van der Waals surface area (Å²) in [6.07, 6.45) is 2.48. The molecule has 0 N–H and O–H groups in total. The highest BCUT2D eigenvalue weighted by Crippen LogP contribution is 2.15. The Labute approximate surface area is 95.1 Å². The van der Waals surface area contributed by atoms with E-state index in [-0.39, 0.29) is 11.7 Å². The van der Waals surface area contributed by atoms with Crippen molar-refractivity contribution in [3.05, 3.63) is 30.0 Å². The Bertz CT molecular complexity index is 526. The molecule has 0 saturated carbocycles. The SMILES string of the molecule is CC(C)C(=O)Cc1ccc2cn(C)nc2c1. The molecule has 0 fully saturated rings. The second-order valence-electron chi connectivity index (χ2n) is 4.49. The van der Waals surface area contributed by atoms with Crippen LogP contribution in [0.1, 0.15) is 19.4 Å². The van der Waals surface area contributed by atoms with Crippen LogP contribution in [0, 0.1) is 5.92 Å². The van der Waals surface area contributed by atoms with Crippen LogP contribution in [-0.2, 0) is 18.3 Å². The highest BCUT2D eigenvalue weighted by atomic mass is 16.1. The molecule has 0 amide bonds. The van der Waals surface area contributed by atoms with Crippen molar-refractivity contribution in [3.63, 3.8) is 0 Å². The topological polar surface area (TPSA) is 34.9 Å². The van der Waals surface area contributed by atoms with Crippen LogP contribution >= 0.6 is 0 Å². The summed E-state index contributed by atoms with van der Waals surface area (Å²) in [6, 6.07) is 6.02. The van der Waals surface area contributed by atoms with Gasteiger partial charge >= 0.3 is 0 Å². The van der Waals surface area contributed by atoms with Crippen molar-refractivity contribution in [2.45, 2.75) is 20.3 Å². The number of fused-ring (bicyclic) bond motifs is 1. The van der Waals surface area contributed by atoms with Gasteiger partial charge in [-0.05, 0) is 11.6 Å². The number of Topliss-reactive ketones (excluding diaryl/α,β-unsaturated/α-hetero) is 1. The number of carbonyl (C=O) groups is 1. The molecule has 3 heteroatoms. The molecule has 0 radical (unpaired) electrons. The number of ketones is 1. The van der Waals surface area contributed by atoms with E-state index in [0.717, 1.165) is 16.5 Å². The number of hydrogen-bond acceptors (Lipinski definition) is 2. The zero-order chi connectivity index (χ0) is 11.7. The quantitative estimate of drug-likeness (QED) is 0.789. The number of rotatable bonds is 3. The summed E-state index contributed by atoms with van der Waals surface area (Å²) in [6.45, 7) is 3.86. The summed E-state index contributed by atoms with van der Waals surface area (Å²) in [5, 5.41) is 5.45. The second-order valence-corrected chi connectivity index (χ2v) is 4.49. The van der Waals surface area contributed by atoms with Crippen molar-refractivity contribution in [1.82, 2.24) is 9.78 Å². The zero-order valence-electron chi connectivity index (χ0n) is 9.90. The van der Waals surface area contributed by atoms with Crippen molar-refractivity contribution in [2.24, 2.45) is 13.0 Å². The number of aryl methyl sites for hydroxylation is 1.